The fourth-order valence-corrected chi connectivity index (χ4v) is 2.40. The van der Waals surface area contributed by atoms with Crippen LogP contribution in [0.15, 0.2) is 24.3 Å². The zero-order chi connectivity index (χ0) is 10.4. The Morgan fingerprint density at radius 3 is 3.07 bits per heavy atom. The van der Waals surface area contributed by atoms with Gasteiger partial charge in [0, 0.05) is 29.2 Å². The molecule has 0 saturated carbocycles. The van der Waals surface area contributed by atoms with Gasteiger partial charge < -0.3 is 15.4 Å². The third-order valence-corrected chi connectivity index (χ3v) is 3.16. The largest absolute Gasteiger partial charge is 0.508 e. The van der Waals surface area contributed by atoms with E-state index in [9.17, 15) is 5.11 Å². The van der Waals surface area contributed by atoms with Crippen molar-refractivity contribution in [1.29, 1.82) is 0 Å². The molecule has 2 aromatic rings. The van der Waals surface area contributed by atoms with Crippen LogP contribution in [0.25, 0.3) is 10.9 Å². The summed E-state index contributed by atoms with van der Waals surface area (Å²) in [6, 6.07) is 7.93. The molecule has 3 heteroatoms. The van der Waals surface area contributed by atoms with Crippen LogP contribution in [-0.4, -0.2) is 15.7 Å². The average molecular weight is 202 g/mol. The number of aromatic hydroxyl groups is 1. The molecule has 2 heterocycles. The van der Waals surface area contributed by atoms with Crippen molar-refractivity contribution in [2.24, 2.45) is 5.73 Å². The first-order valence-electron chi connectivity index (χ1n) is 5.31. The van der Waals surface area contributed by atoms with E-state index in [0.717, 1.165) is 24.8 Å². The summed E-state index contributed by atoms with van der Waals surface area (Å²) in [5.74, 6) is 0.328. The quantitative estimate of drug-likeness (QED) is 0.682. The van der Waals surface area contributed by atoms with Crippen LogP contribution in [0.1, 0.15) is 12.1 Å². The van der Waals surface area contributed by atoms with Crippen LogP contribution in [0, 0.1) is 0 Å². The first-order chi connectivity index (χ1) is 7.24. The van der Waals surface area contributed by atoms with E-state index in [-0.39, 0.29) is 6.04 Å². The Bertz CT molecular complexity index is 516. The van der Waals surface area contributed by atoms with Crippen LogP contribution in [0.3, 0.4) is 0 Å². The fourth-order valence-electron chi connectivity index (χ4n) is 2.40. The number of phenolic OH excluding ortho intramolecular Hbond substituents is 1. The molecule has 1 aromatic carbocycles. The highest BCUT2D eigenvalue weighted by Gasteiger charge is 2.17. The lowest BCUT2D eigenvalue weighted by molar-refractivity contribution is 0.469. The summed E-state index contributed by atoms with van der Waals surface area (Å²) in [7, 11) is 0. The van der Waals surface area contributed by atoms with Gasteiger partial charge in [-0.1, -0.05) is 0 Å². The predicted molar refractivity (Wildman–Crippen MR) is 59.9 cm³/mol. The van der Waals surface area contributed by atoms with Gasteiger partial charge in [-0.25, -0.2) is 0 Å². The number of benzene rings is 1. The molecule has 1 atom stereocenters. The Kier molecular flexibility index (Phi) is 1.76. The molecule has 15 heavy (non-hydrogen) atoms. The molecule has 1 aromatic heterocycles. The number of fused-ring (bicyclic) bond motifs is 3. The van der Waals surface area contributed by atoms with Gasteiger partial charge in [-0.2, -0.15) is 0 Å². The molecule has 0 amide bonds. The van der Waals surface area contributed by atoms with Crippen molar-refractivity contribution >= 4 is 10.9 Å². The van der Waals surface area contributed by atoms with E-state index in [1.165, 1.54) is 11.2 Å². The van der Waals surface area contributed by atoms with Gasteiger partial charge in [0.2, 0.25) is 0 Å². The summed E-state index contributed by atoms with van der Waals surface area (Å²) in [4.78, 5) is 0. The number of nitrogens with zero attached hydrogens (tertiary/aromatic N) is 1. The van der Waals surface area contributed by atoms with Crippen molar-refractivity contribution in [3.05, 3.63) is 30.0 Å². The number of hydrogen-bond donors (Lipinski definition) is 2. The lowest BCUT2D eigenvalue weighted by Gasteiger charge is -2.21. The molecule has 0 bridgehead atoms. The van der Waals surface area contributed by atoms with Crippen LogP contribution < -0.4 is 5.73 Å². The lowest BCUT2D eigenvalue weighted by Crippen LogP contribution is -2.31. The van der Waals surface area contributed by atoms with E-state index in [1.54, 1.807) is 6.07 Å². The van der Waals surface area contributed by atoms with E-state index < -0.39 is 0 Å². The Balaban J connectivity index is 2.24. The molecule has 0 radical (unpaired) electrons. The number of hydrogen-bond acceptors (Lipinski definition) is 2. The van der Waals surface area contributed by atoms with E-state index in [1.807, 2.05) is 12.1 Å². The molecular weight excluding hydrogens is 188 g/mol. The Morgan fingerprint density at radius 1 is 1.33 bits per heavy atom. The minimum absolute atomic E-state index is 0.266. The van der Waals surface area contributed by atoms with Gasteiger partial charge in [-0.05, 0) is 37.1 Å². The Hall–Kier alpha value is -1.48. The van der Waals surface area contributed by atoms with Gasteiger partial charge in [-0.3, -0.25) is 0 Å². The summed E-state index contributed by atoms with van der Waals surface area (Å²) < 4.78 is 2.27. The molecule has 0 fully saturated rings. The van der Waals surface area contributed by atoms with E-state index in [4.69, 9.17) is 5.73 Å². The SMILES string of the molecule is NC1CCc2cc3cc(O)ccc3n2C1. The second-order valence-electron chi connectivity index (χ2n) is 4.29. The van der Waals surface area contributed by atoms with Crippen molar-refractivity contribution in [2.45, 2.75) is 25.4 Å². The number of aryl methyl sites for hydroxylation is 1. The lowest BCUT2D eigenvalue weighted by atomic mass is 10.1. The monoisotopic (exact) mass is 202 g/mol. The Labute approximate surface area is 88.1 Å². The van der Waals surface area contributed by atoms with E-state index in [2.05, 4.69) is 10.6 Å². The maximum absolute atomic E-state index is 9.41. The zero-order valence-corrected chi connectivity index (χ0v) is 8.48. The summed E-state index contributed by atoms with van der Waals surface area (Å²) in [6.45, 7) is 0.892. The maximum atomic E-state index is 9.41. The molecule has 3 rings (SSSR count). The number of nitrogens with two attached hydrogens (primary N) is 1. The molecule has 1 aliphatic heterocycles. The summed E-state index contributed by atoms with van der Waals surface area (Å²) >= 11 is 0. The summed E-state index contributed by atoms with van der Waals surface area (Å²) in [6.07, 6.45) is 2.10. The first-order valence-corrected chi connectivity index (χ1v) is 5.31. The van der Waals surface area contributed by atoms with Gasteiger partial charge in [0.15, 0.2) is 0 Å². The van der Waals surface area contributed by atoms with E-state index in [0.29, 0.717) is 5.75 Å². The van der Waals surface area contributed by atoms with Crippen LogP contribution in [0.5, 0.6) is 5.75 Å². The smallest absolute Gasteiger partial charge is 0.116 e. The highest BCUT2D eigenvalue weighted by molar-refractivity contribution is 5.83. The van der Waals surface area contributed by atoms with Crippen LogP contribution >= 0.6 is 0 Å². The molecular formula is C12H14N2O. The van der Waals surface area contributed by atoms with Gasteiger partial charge in [0.1, 0.15) is 5.75 Å². The molecule has 1 aliphatic rings. The topological polar surface area (TPSA) is 51.2 Å². The fraction of sp³-hybridized carbons (Fsp3) is 0.333. The van der Waals surface area contributed by atoms with Gasteiger partial charge in [-0.15, -0.1) is 0 Å². The maximum Gasteiger partial charge on any atom is 0.116 e. The van der Waals surface area contributed by atoms with Crippen molar-refractivity contribution in [3.8, 4) is 5.75 Å². The number of phenols is 1. The van der Waals surface area contributed by atoms with E-state index >= 15 is 0 Å². The van der Waals surface area contributed by atoms with Crippen LogP contribution in [0.2, 0.25) is 0 Å². The minimum Gasteiger partial charge on any atom is -0.508 e. The first kappa shape index (κ1) is 8.80. The molecule has 0 spiro atoms. The number of aromatic nitrogens is 1. The van der Waals surface area contributed by atoms with Gasteiger partial charge in [0.25, 0.3) is 0 Å². The standard InChI is InChI=1S/C12H14N2O/c13-9-1-2-10-5-8-6-11(15)3-4-12(8)14(10)7-9/h3-6,9,15H,1-2,7,13H2. The van der Waals surface area contributed by atoms with Crippen LogP contribution in [-0.2, 0) is 13.0 Å². The van der Waals surface area contributed by atoms with Crippen LogP contribution in [0.4, 0.5) is 0 Å². The van der Waals surface area contributed by atoms with Crippen molar-refractivity contribution in [1.82, 2.24) is 4.57 Å². The number of rotatable bonds is 0. The van der Waals surface area contributed by atoms with Gasteiger partial charge in [0.05, 0.1) is 0 Å². The van der Waals surface area contributed by atoms with Crippen molar-refractivity contribution in [2.75, 3.05) is 0 Å². The van der Waals surface area contributed by atoms with Crippen molar-refractivity contribution < 1.29 is 5.11 Å². The van der Waals surface area contributed by atoms with Gasteiger partial charge >= 0.3 is 0 Å². The summed E-state index contributed by atoms with van der Waals surface area (Å²) in [5, 5.41) is 10.5. The highest BCUT2D eigenvalue weighted by atomic mass is 16.3. The molecule has 1 unspecified atom stereocenters. The normalized spacial score (nSPS) is 20.5. The zero-order valence-electron chi connectivity index (χ0n) is 8.48. The summed E-state index contributed by atoms with van der Waals surface area (Å²) in [5.41, 5.74) is 8.47. The molecule has 78 valence electrons. The third-order valence-electron chi connectivity index (χ3n) is 3.16. The third kappa shape index (κ3) is 1.31. The highest BCUT2D eigenvalue weighted by Crippen LogP contribution is 2.27. The minimum atomic E-state index is 0.266. The molecule has 3 nitrogen and oxygen atoms in total. The molecule has 3 N–H and O–H groups in total. The average Bonchev–Trinajstić information content (AvgIpc) is 2.54. The second-order valence-corrected chi connectivity index (χ2v) is 4.29. The molecule has 0 aliphatic carbocycles. The van der Waals surface area contributed by atoms with Crippen molar-refractivity contribution in [3.63, 3.8) is 0 Å². The predicted octanol–water partition coefficient (Wildman–Crippen LogP) is 1.62. The molecule has 0 saturated heterocycles. The Morgan fingerprint density at radius 2 is 2.20 bits per heavy atom. The second kappa shape index (κ2) is 3.00.